The molecule has 4 rings (SSSR count). The van der Waals surface area contributed by atoms with Crippen LogP contribution in [0, 0.1) is 27.7 Å². The number of hydrogen-bond acceptors (Lipinski definition) is 2. The highest BCUT2D eigenvalue weighted by molar-refractivity contribution is 6.32. The zero-order valence-electron chi connectivity index (χ0n) is 17.5. The van der Waals surface area contributed by atoms with E-state index in [0.717, 1.165) is 34.0 Å². The minimum absolute atomic E-state index is 0.0927. The molecule has 0 N–H and O–H groups in total. The molecule has 0 unspecified atom stereocenters. The van der Waals surface area contributed by atoms with Gasteiger partial charge in [-0.15, -0.1) is 0 Å². The molecule has 0 saturated heterocycles. The Labute approximate surface area is 171 Å². The summed E-state index contributed by atoms with van der Waals surface area (Å²) in [4.78, 5) is 13.0. The fourth-order valence-electron chi connectivity index (χ4n) is 3.99. The highest BCUT2D eigenvalue weighted by atomic mass is 16.2. The zero-order chi connectivity index (χ0) is 20.7. The Bertz CT molecular complexity index is 1150. The smallest absolute Gasteiger partial charge is 0.280 e. The molecule has 0 spiro atoms. The predicted molar refractivity (Wildman–Crippen MR) is 120 cm³/mol. The first-order valence-corrected chi connectivity index (χ1v) is 9.79. The number of anilines is 1. The quantitative estimate of drug-likeness (QED) is 0.549. The average Bonchev–Trinajstić information content (AvgIpc) is 3.11. The number of amides is 1. The second-order valence-corrected chi connectivity index (χ2v) is 7.70. The summed E-state index contributed by atoms with van der Waals surface area (Å²) in [5.41, 5.74) is 9.05. The molecule has 0 saturated carbocycles. The molecule has 1 aromatic heterocycles. The number of aromatic nitrogens is 1. The number of hydrazone groups is 1. The molecule has 146 valence electrons. The van der Waals surface area contributed by atoms with E-state index >= 15 is 0 Å². The molecule has 0 bridgehead atoms. The Hall–Kier alpha value is -3.40. The van der Waals surface area contributed by atoms with Gasteiger partial charge in [-0.25, -0.2) is 0 Å². The van der Waals surface area contributed by atoms with Gasteiger partial charge in [0, 0.05) is 17.1 Å². The van der Waals surface area contributed by atoms with Gasteiger partial charge >= 0.3 is 0 Å². The van der Waals surface area contributed by atoms with Crippen LogP contribution in [-0.4, -0.2) is 16.2 Å². The van der Waals surface area contributed by atoms with Crippen LogP contribution in [0.25, 0.3) is 11.8 Å². The molecule has 4 nitrogen and oxygen atoms in total. The monoisotopic (exact) mass is 383 g/mol. The molecule has 1 amide bonds. The number of benzene rings is 2. The third-order valence-corrected chi connectivity index (χ3v) is 5.30. The van der Waals surface area contributed by atoms with Crippen molar-refractivity contribution in [2.24, 2.45) is 5.10 Å². The summed E-state index contributed by atoms with van der Waals surface area (Å²) in [6.07, 6.45) is 1.96. The lowest BCUT2D eigenvalue weighted by Gasteiger charge is -2.12. The largest absolute Gasteiger partial charge is 0.318 e. The van der Waals surface area contributed by atoms with Gasteiger partial charge < -0.3 is 4.57 Å². The SMILES string of the molecule is CC1=NN(c2ccccc2)C(=O)/C1=C\c1cc(C)n(-c2cc(C)cc(C)c2)c1C. The van der Waals surface area contributed by atoms with Crippen molar-refractivity contribution in [1.29, 1.82) is 0 Å². The Morgan fingerprint density at radius 2 is 1.48 bits per heavy atom. The van der Waals surface area contributed by atoms with Crippen LogP contribution >= 0.6 is 0 Å². The third-order valence-electron chi connectivity index (χ3n) is 5.30. The molecule has 2 aromatic carbocycles. The van der Waals surface area contributed by atoms with Crippen molar-refractivity contribution in [3.05, 3.63) is 88.2 Å². The highest BCUT2D eigenvalue weighted by Gasteiger charge is 2.29. The molecule has 29 heavy (non-hydrogen) atoms. The number of rotatable bonds is 3. The molecule has 4 heteroatoms. The Balaban J connectivity index is 1.74. The lowest BCUT2D eigenvalue weighted by molar-refractivity contribution is -0.114. The first kappa shape index (κ1) is 18.9. The van der Waals surface area contributed by atoms with E-state index < -0.39 is 0 Å². The van der Waals surface area contributed by atoms with Crippen molar-refractivity contribution >= 4 is 23.4 Å². The minimum Gasteiger partial charge on any atom is -0.318 e. The number of carbonyl (C=O) groups excluding carboxylic acids is 1. The highest BCUT2D eigenvalue weighted by Crippen LogP contribution is 2.28. The third kappa shape index (κ3) is 3.42. The number of nitrogens with zero attached hydrogens (tertiary/aromatic N) is 3. The summed E-state index contributed by atoms with van der Waals surface area (Å²) >= 11 is 0. The molecule has 2 heterocycles. The maximum absolute atomic E-state index is 13.0. The van der Waals surface area contributed by atoms with Crippen LogP contribution in [0.5, 0.6) is 0 Å². The summed E-state index contributed by atoms with van der Waals surface area (Å²) in [7, 11) is 0. The molecular formula is C25H25N3O. The van der Waals surface area contributed by atoms with Gasteiger partial charge in [0.25, 0.3) is 5.91 Å². The average molecular weight is 383 g/mol. The van der Waals surface area contributed by atoms with E-state index in [9.17, 15) is 4.79 Å². The van der Waals surface area contributed by atoms with Gasteiger partial charge in [-0.05, 0) is 87.7 Å². The van der Waals surface area contributed by atoms with E-state index in [0.29, 0.717) is 5.57 Å². The van der Waals surface area contributed by atoms with Crippen LogP contribution in [0.2, 0.25) is 0 Å². The summed E-state index contributed by atoms with van der Waals surface area (Å²) in [6, 6.07) is 18.2. The Kier molecular flexibility index (Phi) is 4.71. The fourth-order valence-corrected chi connectivity index (χ4v) is 3.99. The van der Waals surface area contributed by atoms with Gasteiger partial charge in [0.2, 0.25) is 0 Å². The molecule has 0 aliphatic carbocycles. The van der Waals surface area contributed by atoms with Crippen LogP contribution in [-0.2, 0) is 4.79 Å². The number of aryl methyl sites for hydroxylation is 3. The lowest BCUT2D eigenvalue weighted by atomic mass is 10.1. The number of carbonyl (C=O) groups is 1. The number of hydrogen-bond donors (Lipinski definition) is 0. The molecule has 0 atom stereocenters. The van der Waals surface area contributed by atoms with Crippen molar-refractivity contribution in [3.63, 3.8) is 0 Å². The Morgan fingerprint density at radius 3 is 2.14 bits per heavy atom. The Morgan fingerprint density at radius 1 is 0.828 bits per heavy atom. The van der Waals surface area contributed by atoms with Crippen molar-refractivity contribution < 1.29 is 4.79 Å². The summed E-state index contributed by atoms with van der Waals surface area (Å²) < 4.78 is 2.24. The van der Waals surface area contributed by atoms with Gasteiger partial charge in [0.05, 0.1) is 17.0 Å². The summed E-state index contributed by atoms with van der Waals surface area (Å²) in [6.45, 7) is 10.3. The maximum Gasteiger partial charge on any atom is 0.280 e. The molecule has 0 radical (unpaired) electrons. The molecule has 1 aliphatic rings. The van der Waals surface area contributed by atoms with Crippen molar-refractivity contribution in [2.45, 2.75) is 34.6 Å². The molecular weight excluding hydrogens is 358 g/mol. The minimum atomic E-state index is -0.0927. The van der Waals surface area contributed by atoms with Crippen LogP contribution in [0.1, 0.15) is 35.0 Å². The predicted octanol–water partition coefficient (Wildman–Crippen LogP) is 5.52. The van der Waals surface area contributed by atoms with Crippen LogP contribution in [0.4, 0.5) is 5.69 Å². The van der Waals surface area contributed by atoms with Crippen LogP contribution in [0.15, 0.2) is 65.3 Å². The second kappa shape index (κ2) is 7.21. The van der Waals surface area contributed by atoms with Gasteiger partial charge in [-0.2, -0.15) is 10.1 Å². The molecule has 0 fully saturated rings. The van der Waals surface area contributed by atoms with Crippen molar-refractivity contribution in [2.75, 3.05) is 5.01 Å². The summed E-state index contributed by atoms with van der Waals surface area (Å²) in [5, 5.41) is 5.96. The van der Waals surface area contributed by atoms with Crippen LogP contribution in [0.3, 0.4) is 0 Å². The van der Waals surface area contributed by atoms with Crippen molar-refractivity contribution in [1.82, 2.24) is 4.57 Å². The van der Waals surface area contributed by atoms with E-state index in [4.69, 9.17) is 0 Å². The molecule has 1 aliphatic heterocycles. The maximum atomic E-state index is 13.0. The van der Waals surface area contributed by atoms with Crippen molar-refractivity contribution in [3.8, 4) is 5.69 Å². The lowest BCUT2D eigenvalue weighted by Crippen LogP contribution is -2.21. The van der Waals surface area contributed by atoms with Gasteiger partial charge in [0.1, 0.15) is 0 Å². The first-order chi connectivity index (χ1) is 13.8. The normalized spacial score (nSPS) is 15.3. The van der Waals surface area contributed by atoms with E-state index in [1.807, 2.05) is 43.3 Å². The van der Waals surface area contributed by atoms with Gasteiger partial charge in [-0.1, -0.05) is 24.3 Å². The molecule has 3 aromatic rings. The first-order valence-electron chi connectivity index (χ1n) is 9.79. The second-order valence-electron chi connectivity index (χ2n) is 7.70. The van der Waals surface area contributed by atoms with Gasteiger partial charge in [-0.3, -0.25) is 4.79 Å². The topological polar surface area (TPSA) is 37.6 Å². The van der Waals surface area contributed by atoms with E-state index in [2.05, 4.69) is 61.6 Å². The van der Waals surface area contributed by atoms with E-state index in [-0.39, 0.29) is 5.91 Å². The van der Waals surface area contributed by atoms with E-state index in [1.54, 1.807) is 0 Å². The number of para-hydroxylation sites is 1. The fraction of sp³-hybridized carbons (Fsp3) is 0.200. The summed E-state index contributed by atoms with van der Waals surface area (Å²) in [5.74, 6) is -0.0927. The zero-order valence-corrected chi connectivity index (χ0v) is 17.5. The van der Waals surface area contributed by atoms with Gasteiger partial charge in [0.15, 0.2) is 0 Å². The standard InChI is InChI=1S/C25H25N3O/c1-16-11-17(2)13-23(12-16)27-18(3)14-21(20(27)5)15-24-19(4)26-28(25(24)29)22-9-7-6-8-10-22/h6-15H,1-5H3/b24-15-. The van der Waals surface area contributed by atoms with E-state index in [1.165, 1.54) is 16.1 Å². The van der Waals surface area contributed by atoms with Crippen LogP contribution < -0.4 is 5.01 Å².